The molecule has 0 aliphatic carbocycles. The standard InChI is InChI=1S/C28H32F3N5O2/c1-19(37)32-24-7-5-4-6-22(24)26-23(27(38)36-16-14-35(15-17-36)13-12-34(2)3)18-25(33-26)20-8-10-21(11-9-20)28(29,30)31/h4-11,18,33H,12-17H2,1-3H3,(H,32,37). The number of benzene rings is 2. The number of para-hydroxylation sites is 1. The van der Waals surface area contributed by atoms with E-state index in [0.29, 0.717) is 46.9 Å². The number of amides is 2. The van der Waals surface area contributed by atoms with Crippen molar-refractivity contribution < 1.29 is 22.8 Å². The van der Waals surface area contributed by atoms with Crippen molar-refractivity contribution in [1.29, 1.82) is 0 Å². The molecule has 0 unspecified atom stereocenters. The van der Waals surface area contributed by atoms with E-state index in [4.69, 9.17) is 0 Å². The number of nitrogens with zero attached hydrogens (tertiary/aromatic N) is 3. The summed E-state index contributed by atoms with van der Waals surface area (Å²) in [7, 11) is 4.06. The van der Waals surface area contributed by atoms with Crippen LogP contribution in [0.2, 0.25) is 0 Å². The van der Waals surface area contributed by atoms with E-state index >= 15 is 0 Å². The summed E-state index contributed by atoms with van der Waals surface area (Å²) in [5.41, 5.74) is 2.34. The number of aromatic amines is 1. The molecule has 202 valence electrons. The van der Waals surface area contributed by atoms with Gasteiger partial charge in [0.25, 0.3) is 5.91 Å². The Morgan fingerprint density at radius 1 is 1.00 bits per heavy atom. The minimum absolute atomic E-state index is 0.167. The van der Waals surface area contributed by atoms with Crippen LogP contribution in [0.5, 0.6) is 0 Å². The van der Waals surface area contributed by atoms with Gasteiger partial charge < -0.3 is 20.1 Å². The van der Waals surface area contributed by atoms with Crippen LogP contribution in [0.15, 0.2) is 54.6 Å². The number of nitrogens with one attached hydrogen (secondary N) is 2. The van der Waals surface area contributed by atoms with Gasteiger partial charge in [0.05, 0.1) is 22.5 Å². The van der Waals surface area contributed by atoms with Gasteiger partial charge in [0.2, 0.25) is 5.91 Å². The summed E-state index contributed by atoms with van der Waals surface area (Å²) in [6.07, 6.45) is -4.44. The number of hydrogen-bond acceptors (Lipinski definition) is 4. The third-order valence-corrected chi connectivity index (χ3v) is 6.60. The zero-order chi connectivity index (χ0) is 27.4. The van der Waals surface area contributed by atoms with E-state index in [2.05, 4.69) is 20.1 Å². The maximum atomic E-state index is 13.8. The summed E-state index contributed by atoms with van der Waals surface area (Å²) in [5, 5.41) is 2.80. The molecule has 0 bridgehead atoms. The fraction of sp³-hybridized carbons (Fsp3) is 0.357. The maximum Gasteiger partial charge on any atom is 0.416 e. The van der Waals surface area contributed by atoms with Gasteiger partial charge in [-0.1, -0.05) is 30.3 Å². The van der Waals surface area contributed by atoms with E-state index in [-0.39, 0.29) is 11.8 Å². The highest BCUT2D eigenvalue weighted by Crippen LogP contribution is 2.36. The maximum absolute atomic E-state index is 13.8. The molecule has 7 nitrogen and oxygen atoms in total. The Balaban J connectivity index is 1.68. The number of rotatable bonds is 7. The van der Waals surface area contributed by atoms with Gasteiger partial charge in [-0.2, -0.15) is 13.2 Å². The number of aromatic nitrogens is 1. The zero-order valence-corrected chi connectivity index (χ0v) is 21.7. The van der Waals surface area contributed by atoms with Crippen molar-refractivity contribution in [3.8, 4) is 22.5 Å². The van der Waals surface area contributed by atoms with E-state index in [1.165, 1.54) is 19.1 Å². The lowest BCUT2D eigenvalue weighted by Crippen LogP contribution is -2.50. The van der Waals surface area contributed by atoms with Gasteiger partial charge in [-0.05, 0) is 43.9 Å². The quantitative estimate of drug-likeness (QED) is 0.470. The van der Waals surface area contributed by atoms with E-state index in [9.17, 15) is 22.8 Å². The molecule has 0 radical (unpaired) electrons. The van der Waals surface area contributed by atoms with Crippen molar-refractivity contribution in [2.75, 3.05) is 58.7 Å². The first kappa shape index (κ1) is 27.4. The molecule has 1 fully saturated rings. The lowest BCUT2D eigenvalue weighted by molar-refractivity contribution is -0.137. The average molecular weight is 528 g/mol. The first-order chi connectivity index (χ1) is 18.0. The summed E-state index contributed by atoms with van der Waals surface area (Å²) < 4.78 is 39.3. The number of carbonyl (C=O) groups is 2. The van der Waals surface area contributed by atoms with E-state index in [1.807, 2.05) is 14.1 Å². The van der Waals surface area contributed by atoms with Crippen LogP contribution in [-0.2, 0) is 11.0 Å². The Kier molecular flexibility index (Phi) is 8.23. The fourth-order valence-electron chi connectivity index (χ4n) is 4.52. The minimum Gasteiger partial charge on any atom is -0.354 e. The summed E-state index contributed by atoms with van der Waals surface area (Å²) in [5.74, 6) is -0.423. The Morgan fingerprint density at radius 2 is 1.66 bits per heavy atom. The Hall–Kier alpha value is -3.63. The number of alkyl halides is 3. The van der Waals surface area contributed by atoms with E-state index in [0.717, 1.165) is 38.3 Å². The van der Waals surface area contributed by atoms with Gasteiger partial charge in [-0.25, -0.2) is 0 Å². The highest BCUT2D eigenvalue weighted by atomic mass is 19.4. The molecule has 0 spiro atoms. The predicted molar refractivity (Wildman–Crippen MR) is 142 cm³/mol. The van der Waals surface area contributed by atoms with E-state index in [1.54, 1.807) is 35.2 Å². The van der Waals surface area contributed by atoms with Crippen molar-refractivity contribution in [2.45, 2.75) is 13.1 Å². The largest absolute Gasteiger partial charge is 0.416 e. The van der Waals surface area contributed by atoms with Crippen LogP contribution in [-0.4, -0.2) is 84.9 Å². The normalized spacial score (nSPS) is 14.7. The molecule has 0 atom stereocenters. The van der Waals surface area contributed by atoms with Crippen LogP contribution < -0.4 is 5.32 Å². The number of hydrogen-bond donors (Lipinski definition) is 2. The Morgan fingerprint density at radius 3 is 2.26 bits per heavy atom. The molecule has 0 saturated carbocycles. The molecule has 3 aromatic rings. The molecule has 38 heavy (non-hydrogen) atoms. The highest BCUT2D eigenvalue weighted by Gasteiger charge is 2.31. The Labute approximate surface area is 220 Å². The van der Waals surface area contributed by atoms with Crippen LogP contribution in [0, 0.1) is 0 Å². The minimum atomic E-state index is -4.44. The highest BCUT2D eigenvalue weighted by molar-refractivity contribution is 6.04. The lowest BCUT2D eigenvalue weighted by Gasteiger charge is -2.35. The third-order valence-electron chi connectivity index (χ3n) is 6.60. The summed E-state index contributed by atoms with van der Waals surface area (Å²) in [6.45, 7) is 5.92. The molecule has 2 heterocycles. The fourth-order valence-corrected chi connectivity index (χ4v) is 4.52. The van der Waals surface area contributed by atoms with Gasteiger partial charge in [-0.15, -0.1) is 0 Å². The zero-order valence-electron chi connectivity index (χ0n) is 21.7. The smallest absolute Gasteiger partial charge is 0.354 e. The SMILES string of the molecule is CC(=O)Nc1ccccc1-c1[nH]c(-c2ccc(C(F)(F)F)cc2)cc1C(=O)N1CCN(CCN(C)C)CC1. The average Bonchev–Trinajstić information content (AvgIpc) is 3.32. The van der Waals surface area contributed by atoms with Gasteiger partial charge in [0.1, 0.15) is 0 Å². The summed E-state index contributed by atoms with van der Waals surface area (Å²) >= 11 is 0. The molecule has 10 heteroatoms. The van der Waals surface area contributed by atoms with Crippen LogP contribution in [0.4, 0.5) is 18.9 Å². The number of H-pyrrole nitrogens is 1. The molecule has 2 N–H and O–H groups in total. The van der Waals surface area contributed by atoms with Crippen LogP contribution >= 0.6 is 0 Å². The number of piperazine rings is 1. The van der Waals surface area contributed by atoms with Crippen molar-refractivity contribution in [3.05, 3.63) is 65.7 Å². The monoisotopic (exact) mass is 527 g/mol. The van der Waals surface area contributed by atoms with Gasteiger partial charge >= 0.3 is 6.18 Å². The van der Waals surface area contributed by atoms with Gasteiger partial charge in [0, 0.05) is 57.4 Å². The second kappa shape index (κ2) is 11.4. The van der Waals surface area contributed by atoms with Crippen molar-refractivity contribution in [3.63, 3.8) is 0 Å². The summed E-state index contributed by atoms with van der Waals surface area (Å²) in [6, 6.07) is 13.6. The van der Waals surface area contributed by atoms with Gasteiger partial charge in [-0.3, -0.25) is 14.5 Å². The van der Waals surface area contributed by atoms with Crippen LogP contribution in [0.1, 0.15) is 22.8 Å². The lowest BCUT2D eigenvalue weighted by atomic mass is 10.0. The number of anilines is 1. The summed E-state index contributed by atoms with van der Waals surface area (Å²) in [4.78, 5) is 35.1. The van der Waals surface area contributed by atoms with E-state index < -0.39 is 11.7 Å². The molecular formula is C28H32F3N5O2. The molecule has 2 aromatic carbocycles. The molecule has 1 aromatic heterocycles. The number of halogens is 3. The van der Waals surface area contributed by atoms with Crippen LogP contribution in [0.25, 0.3) is 22.5 Å². The Bertz CT molecular complexity index is 1280. The first-order valence-corrected chi connectivity index (χ1v) is 12.5. The second-order valence-electron chi connectivity index (χ2n) is 9.71. The van der Waals surface area contributed by atoms with Crippen molar-refractivity contribution in [1.82, 2.24) is 19.7 Å². The number of carbonyl (C=O) groups excluding carboxylic acids is 2. The second-order valence-corrected chi connectivity index (χ2v) is 9.71. The molecule has 1 aliphatic rings. The molecular weight excluding hydrogens is 495 g/mol. The number of likely N-dealkylation sites (N-methyl/N-ethyl adjacent to an activating group) is 1. The van der Waals surface area contributed by atoms with Crippen molar-refractivity contribution >= 4 is 17.5 Å². The molecule has 1 saturated heterocycles. The third kappa shape index (κ3) is 6.43. The topological polar surface area (TPSA) is 71.7 Å². The molecule has 1 aliphatic heterocycles. The predicted octanol–water partition coefficient (Wildman–Crippen LogP) is 4.65. The van der Waals surface area contributed by atoms with Crippen LogP contribution in [0.3, 0.4) is 0 Å². The van der Waals surface area contributed by atoms with Crippen molar-refractivity contribution in [2.24, 2.45) is 0 Å². The molecule has 2 amide bonds. The van der Waals surface area contributed by atoms with Gasteiger partial charge in [0.15, 0.2) is 0 Å². The first-order valence-electron chi connectivity index (χ1n) is 12.5. The molecule has 4 rings (SSSR count).